The summed E-state index contributed by atoms with van der Waals surface area (Å²) in [6, 6.07) is 0.710. The van der Waals surface area contributed by atoms with Crippen LogP contribution in [0, 0.1) is 12.8 Å². The molecule has 1 aliphatic rings. The summed E-state index contributed by atoms with van der Waals surface area (Å²) in [6.45, 7) is 7.90. The van der Waals surface area contributed by atoms with Crippen LogP contribution in [-0.4, -0.2) is 22.4 Å². The molecule has 1 aromatic rings. The molecule has 20 heavy (non-hydrogen) atoms. The summed E-state index contributed by atoms with van der Waals surface area (Å²) in [5, 5.41) is 5.54. The lowest BCUT2D eigenvalue weighted by atomic mass is 10.1. The Kier molecular flexibility index (Phi) is 5.53. The predicted octanol–water partition coefficient (Wildman–Crippen LogP) is 4.42. The quantitative estimate of drug-likeness (QED) is 0.714. The van der Waals surface area contributed by atoms with Gasteiger partial charge in [0.1, 0.15) is 5.82 Å². The van der Waals surface area contributed by atoms with Crippen LogP contribution in [0.5, 0.6) is 0 Å². The van der Waals surface area contributed by atoms with Gasteiger partial charge in [0, 0.05) is 30.5 Å². The van der Waals surface area contributed by atoms with Gasteiger partial charge < -0.3 is 4.90 Å². The number of anilines is 1. The SMILES string of the molecule is Cc1nn(C)c(N(CCC(C)C)C2CCCC2)c1CBr. The molecule has 2 rings (SSSR count). The fourth-order valence-electron chi connectivity index (χ4n) is 3.28. The Morgan fingerprint density at radius 2 is 2.00 bits per heavy atom. The van der Waals surface area contributed by atoms with E-state index in [0.29, 0.717) is 6.04 Å². The maximum absolute atomic E-state index is 4.65. The summed E-state index contributed by atoms with van der Waals surface area (Å²) in [7, 11) is 2.09. The van der Waals surface area contributed by atoms with Crippen LogP contribution < -0.4 is 4.90 Å². The van der Waals surface area contributed by atoms with Crippen molar-refractivity contribution < 1.29 is 0 Å². The highest BCUT2D eigenvalue weighted by Crippen LogP contribution is 2.33. The van der Waals surface area contributed by atoms with E-state index >= 15 is 0 Å². The zero-order valence-corrected chi connectivity index (χ0v) is 14.9. The third-order valence-electron chi connectivity index (χ3n) is 4.43. The van der Waals surface area contributed by atoms with Crippen molar-refractivity contribution >= 4 is 21.7 Å². The molecule has 0 spiro atoms. The molecule has 0 saturated heterocycles. The molecule has 4 heteroatoms. The lowest BCUT2D eigenvalue weighted by Gasteiger charge is -2.32. The van der Waals surface area contributed by atoms with E-state index in [0.717, 1.165) is 23.5 Å². The molecular formula is C16H28BrN3. The van der Waals surface area contributed by atoms with Crippen molar-refractivity contribution in [1.29, 1.82) is 0 Å². The molecule has 0 aliphatic heterocycles. The van der Waals surface area contributed by atoms with Crippen molar-refractivity contribution in [3.05, 3.63) is 11.3 Å². The van der Waals surface area contributed by atoms with Crippen molar-refractivity contribution in [3.8, 4) is 0 Å². The number of hydrogen-bond acceptors (Lipinski definition) is 2. The second kappa shape index (κ2) is 6.97. The van der Waals surface area contributed by atoms with Gasteiger partial charge in [0.05, 0.1) is 5.69 Å². The molecule has 3 nitrogen and oxygen atoms in total. The fraction of sp³-hybridized carbons (Fsp3) is 0.812. The Morgan fingerprint density at radius 3 is 2.55 bits per heavy atom. The average Bonchev–Trinajstić information content (AvgIpc) is 2.99. The highest BCUT2D eigenvalue weighted by molar-refractivity contribution is 9.08. The number of aryl methyl sites for hydroxylation is 2. The normalized spacial score (nSPS) is 16.3. The molecule has 1 aliphatic carbocycles. The largest absolute Gasteiger partial charge is 0.354 e. The van der Waals surface area contributed by atoms with E-state index in [2.05, 4.69) is 58.4 Å². The summed E-state index contributed by atoms with van der Waals surface area (Å²) in [5.74, 6) is 2.09. The maximum Gasteiger partial charge on any atom is 0.131 e. The van der Waals surface area contributed by atoms with Crippen LogP contribution in [0.1, 0.15) is 57.2 Å². The molecule has 1 aromatic heterocycles. The van der Waals surface area contributed by atoms with Crippen molar-refractivity contribution in [1.82, 2.24) is 9.78 Å². The van der Waals surface area contributed by atoms with Gasteiger partial charge in [-0.25, -0.2) is 0 Å². The first-order valence-electron chi connectivity index (χ1n) is 7.89. The molecule has 0 aromatic carbocycles. The Morgan fingerprint density at radius 1 is 1.35 bits per heavy atom. The number of hydrogen-bond donors (Lipinski definition) is 0. The molecule has 0 bridgehead atoms. The van der Waals surface area contributed by atoms with E-state index in [1.165, 1.54) is 43.5 Å². The molecule has 0 unspecified atom stereocenters. The first kappa shape index (κ1) is 15.9. The Balaban J connectivity index is 2.29. The lowest BCUT2D eigenvalue weighted by molar-refractivity contribution is 0.516. The number of rotatable bonds is 6. The van der Waals surface area contributed by atoms with Gasteiger partial charge in [-0.2, -0.15) is 5.10 Å². The van der Waals surface area contributed by atoms with Gasteiger partial charge in [-0.3, -0.25) is 4.68 Å². The van der Waals surface area contributed by atoms with Gasteiger partial charge >= 0.3 is 0 Å². The number of aromatic nitrogens is 2. The molecule has 0 N–H and O–H groups in total. The molecule has 0 atom stereocenters. The van der Waals surface area contributed by atoms with Crippen LogP contribution in [0.2, 0.25) is 0 Å². The summed E-state index contributed by atoms with van der Waals surface area (Å²) in [4.78, 5) is 2.64. The van der Waals surface area contributed by atoms with Crippen LogP contribution in [0.25, 0.3) is 0 Å². The van der Waals surface area contributed by atoms with E-state index in [1.54, 1.807) is 0 Å². The lowest BCUT2D eigenvalue weighted by Crippen LogP contribution is -2.36. The Bertz CT molecular complexity index is 433. The monoisotopic (exact) mass is 341 g/mol. The van der Waals surface area contributed by atoms with Gasteiger partial charge in [-0.1, -0.05) is 42.6 Å². The van der Waals surface area contributed by atoms with Crippen LogP contribution in [0.3, 0.4) is 0 Å². The van der Waals surface area contributed by atoms with Crippen LogP contribution in [0.4, 0.5) is 5.82 Å². The average molecular weight is 342 g/mol. The van der Waals surface area contributed by atoms with Gasteiger partial charge in [0.25, 0.3) is 0 Å². The van der Waals surface area contributed by atoms with Gasteiger partial charge in [0.15, 0.2) is 0 Å². The summed E-state index contributed by atoms with van der Waals surface area (Å²) < 4.78 is 2.09. The standard InChI is InChI=1S/C16H28BrN3/c1-12(2)9-10-20(14-7-5-6-8-14)16-15(11-17)13(3)18-19(16)4/h12,14H,5-11H2,1-4H3. The van der Waals surface area contributed by atoms with Crippen molar-refractivity contribution in [2.45, 2.75) is 64.2 Å². The Hall–Kier alpha value is -0.510. The van der Waals surface area contributed by atoms with E-state index in [4.69, 9.17) is 0 Å². The number of alkyl halides is 1. The molecule has 0 amide bonds. The highest BCUT2D eigenvalue weighted by atomic mass is 79.9. The zero-order valence-electron chi connectivity index (χ0n) is 13.3. The second-order valence-corrected chi connectivity index (χ2v) is 7.02. The molecule has 1 saturated carbocycles. The highest BCUT2D eigenvalue weighted by Gasteiger charge is 2.27. The minimum atomic E-state index is 0.710. The minimum Gasteiger partial charge on any atom is -0.354 e. The molecular weight excluding hydrogens is 314 g/mol. The minimum absolute atomic E-state index is 0.710. The topological polar surface area (TPSA) is 21.1 Å². The molecule has 0 radical (unpaired) electrons. The second-order valence-electron chi connectivity index (χ2n) is 6.46. The first-order chi connectivity index (χ1) is 9.54. The van der Waals surface area contributed by atoms with Crippen LogP contribution >= 0.6 is 15.9 Å². The van der Waals surface area contributed by atoms with E-state index < -0.39 is 0 Å². The van der Waals surface area contributed by atoms with Crippen molar-refractivity contribution in [2.24, 2.45) is 13.0 Å². The van der Waals surface area contributed by atoms with E-state index in [-0.39, 0.29) is 0 Å². The Labute approximate surface area is 131 Å². The first-order valence-corrected chi connectivity index (χ1v) is 9.01. The molecule has 114 valence electrons. The fourth-order valence-corrected chi connectivity index (χ4v) is 3.94. The third-order valence-corrected chi connectivity index (χ3v) is 4.99. The van der Waals surface area contributed by atoms with Crippen LogP contribution in [0.15, 0.2) is 0 Å². The van der Waals surface area contributed by atoms with E-state index in [9.17, 15) is 0 Å². The maximum atomic E-state index is 4.65. The van der Waals surface area contributed by atoms with Crippen LogP contribution in [-0.2, 0) is 12.4 Å². The van der Waals surface area contributed by atoms with Gasteiger partial charge in [-0.05, 0) is 32.1 Å². The molecule has 1 heterocycles. The number of halogens is 1. The zero-order chi connectivity index (χ0) is 14.7. The third kappa shape index (κ3) is 3.38. The van der Waals surface area contributed by atoms with Crippen molar-refractivity contribution in [3.63, 3.8) is 0 Å². The summed E-state index contributed by atoms with van der Waals surface area (Å²) in [5.41, 5.74) is 2.52. The summed E-state index contributed by atoms with van der Waals surface area (Å²) in [6.07, 6.45) is 6.68. The van der Waals surface area contributed by atoms with Crippen molar-refractivity contribution in [2.75, 3.05) is 11.4 Å². The summed E-state index contributed by atoms with van der Waals surface area (Å²) >= 11 is 3.65. The predicted molar refractivity (Wildman–Crippen MR) is 89.6 cm³/mol. The smallest absolute Gasteiger partial charge is 0.131 e. The van der Waals surface area contributed by atoms with Gasteiger partial charge in [0.2, 0.25) is 0 Å². The van der Waals surface area contributed by atoms with Gasteiger partial charge in [-0.15, -0.1) is 0 Å². The molecule has 1 fully saturated rings. The number of nitrogens with zero attached hydrogens (tertiary/aromatic N) is 3. The van der Waals surface area contributed by atoms with E-state index in [1.807, 2.05) is 0 Å².